The summed E-state index contributed by atoms with van der Waals surface area (Å²) in [6.07, 6.45) is 3.90. The lowest BCUT2D eigenvalue weighted by Gasteiger charge is -2.48. The Labute approximate surface area is 292 Å². The number of aliphatic hydroxyl groups excluding tert-OH is 1. The summed E-state index contributed by atoms with van der Waals surface area (Å²) in [6.45, 7) is 8.12. The molecule has 1 aliphatic carbocycles. The number of nitrogens with one attached hydrogen (secondary N) is 1. The quantitative estimate of drug-likeness (QED) is 0.228. The van der Waals surface area contributed by atoms with Crippen molar-refractivity contribution in [2.45, 2.75) is 58.5 Å². The minimum atomic E-state index is -1.07. The lowest BCUT2D eigenvalue weighted by molar-refractivity contribution is -0.162. The van der Waals surface area contributed by atoms with Crippen LogP contribution < -0.4 is 10.2 Å². The van der Waals surface area contributed by atoms with Gasteiger partial charge in [-0.05, 0) is 64.9 Å². The highest BCUT2D eigenvalue weighted by molar-refractivity contribution is 6.24. The summed E-state index contributed by atoms with van der Waals surface area (Å²) >= 11 is 0. The predicted molar refractivity (Wildman–Crippen MR) is 188 cm³/mol. The largest absolute Gasteiger partial charge is 0.509 e. The number of carbonyl (C=O) groups excluding carboxylic acids is 2. The highest BCUT2D eigenvalue weighted by atomic mass is 19.2. The Balaban J connectivity index is 1.44. The number of carbonyl (C=O) groups is 2. The molecular formula is C37H47F2N7O4. The van der Waals surface area contributed by atoms with Crippen LogP contribution in [0.4, 0.5) is 20.2 Å². The normalized spacial score (nSPS) is 16.2. The van der Waals surface area contributed by atoms with E-state index in [0.29, 0.717) is 62.6 Å². The van der Waals surface area contributed by atoms with Gasteiger partial charge in [-0.15, -0.1) is 0 Å². The summed E-state index contributed by atoms with van der Waals surface area (Å²) < 4.78 is 36.7. The first-order valence-electron chi connectivity index (χ1n) is 17.0. The number of aliphatic hydroxyl groups is 1. The zero-order valence-corrected chi connectivity index (χ0v) is 29.7. The van der Waals surface area contributed by atoms with Crippen LogP contribution in [0.1, 0.15) is 49.4 Å². The van der Waals surface area contributed by atoms with Crippen molar-refractivity contribution >= 4 is 23.2 Å². The van der Waals surface area contributed by atoms with Crippen LogP contribution in [-0.2, 0) is 20.9 Å². The monoisotopic (exact) mass is 691 g/mol. The number of ether oxygens (including phenoxy) is 1. The number of benzene rings is 2. The second-order valence-corrected chi connectivity index (χ2v) is 13.1. The molecule has 1 aromatic heterocycles. The van der Waals surface area contributed by atoms with Gasteiger partial charge in [0, 0.05) is 57.2 Å². The third kappa shape index (κ3) is 7.35. The van der Waals surface area contributed by atoms with Gasteiger partial charge in [0.2, 0.25) is 0 Å². The number of hydrazine groups is 1. The van der Waals surface area contributed by atoms with E-state index in [9.17, 15) is 14.7 Å². The number of likely N-dealkylation sites (N-methyl/N-ethyl adjacent to an activating group) is 3. The van der Waals surface area contributed by atoms with Gasteiger partial charge in [-0.3, -0.25) is 14.6 Å². The number of hydrogen-bond donors (Lipinski definition) is 2. The number of nitrogens with zero attached hydrogens (tertiary/aromatic N) is 6. The average Bonchev–Trinajstić information content (AvgIpc) is 3.60. The zero-order chi connectivity index (χ0) is 36.2. The van der Waals surface area contributed by atoms with E-state index in [4.69, 9.17) is 4.74 Å². The van der Waals surface area contributed by atoms with Crippen molar-refractivity contribution in [1.29, 1.82) is 0 Å². The maximum absolute atomic E-state index is 15.9. The van der Waals surface area contributed by atoms with E-state index in [1.54, 1.807) is 36.2 Å². The standard InChI is InChI=1S/C37H47F2N7O4/c1-7-45(17-16-43(4)18-19-50-6)30-13-11-26(32(38)33(30)39)22-46-36(49)31(34(47)37(44(46)5)14-8-9-15-37)35(48)42-28-12-10-24(2)20-27(28)29-21-25(3)40-23-41-29/h10-13,20-21,23,47H,7-9,14-19,22H2,1-6H3,(H,42,48). The topological polar surface area (TPSA) is 114 Å². The van der Waals surface area contributed by atoms with E-state index in [-0.39, 0.29) is 23.6 Å². The Bertz CT molecular complexity index is 1760. The number of amides is 2. The number of aromatic nitrogens is 2. The van der Waals surface area contributed by atoms with E-state index in [1.807, 2.05) is 40.0 Å². The minimum absolute atomic E-state index is 0.0473. The van der Waals surface area contributed by atoms with Gasteiger partial charge in [0.25, 0.3) is 11.8 Å². The van der Waals surface area contributed by atoms with E-state index in [1.165, 1.54) is 23.5 Å². The summed E-state index contributed by atoms with van der Waals surface area (Å²) in [5.74, 6) is -4.01. The van der Waals surface area contributed by atoms with Crippen molar-refractivity contribution in [1.82, 2.24) is 24.9 Å². The van der Waals surface area contributed by atoms with E-state index in [0.717, 1.165) is 24.1 Å². The molecule has 2 aromatic carbocycles. The van der Waals surface area contributed by atoms with Crippen LogP contribution in [0.15, 0.2) is 54.1 Å². The Hall–Kier alpha value is -4.46. The van der Waals surface area contributed by atoms with Crippen LogP contribution in [0.2, 0.25) is 0 Å². The molecule has 0 bridgehead atoms. The number of hydrogen-bond acceptors (Lipinski definition) is 9. The molecule has 0 radical (unpaired) electrons. The molecule has 2 heterocycles. The second kappa shape index (κ2) is 15.6. The van der Waals surface area contributed by atoms with Crippen LogP contribution in [0.3, 0.4) is 0 Å². The van der Waals surface area contributed by atoms with Crippen molar-refractivity contribution in [3.8, 4) is 11.3 Å². The molecule has 5 rings (SSSR count). The summed E-state index contributed by atoms with van der Waals surface area (Å²) in [7, 11) is 5.22. The van der Waals surface area contributed by atoms with Gasteiger partial charge >= 0.3 is 0 Å². The van der Waals surface area contributed by atoms with Gasteiger partial charge in [-0.2, -0.15) is 0 Å². The molecule has 11 nitrogen and oxygen atoms in total. The molecule has 2 aliphatic rings. The average molecular weight is 692 g/mol. The maximum Gasteiger partial charge on any atom is 0.277 e. The molecule has 13 heteroatoms. The molecule has 3 aromatic rings. The molecule has 1 fully saturated rings. The second-order valence-electron chi connectivity index (χ2n) is 13.1. The van der Waals surface area contributed by atoms with Gasteiger partial charge in [0.15, 0.2) is 11.6 Å². The number of aryl methyl sites for hydroxylation is 2. The number of rotatable bonds is 13. The Morgan fingerprint density at radius 3 is 2.48 bits per heavy atom. The van der Waals surface area contributed by atoms with Gasteiger partial charge < -0.3 is 25.0 Å². The fraction of sp³-hybridized carbons (Fsp3) is 0.459. The Morgan fingerprint density at radius 2 is 1.80 bits per heavy atom. The van der Waals surface area contributed by atoms with Gasteiger partial charge in [-0.25, -0.2) is 23.8 Å². The maximum atomic E-state index is 15.9. The Kier molecular flexibility index (Phi) is 11.5. The van der Waals surface area contributed by atoms with Crippen molar-refractivity contribution < 1.29 is 28.2 Å². The smallest absolute Gasteiger partial charge is 0.277 e. The van der Waals surface area contributed by atoms with Crippen molar-refractivity contribution in [2.24, 2.45) is 0 Å². The predicted octanol–water partition coefficient (Wildman–Crippen LogP) is 5.40. The minimum Gasteiger partial charge on any atom is -0.509 e. The number of anilines is 2. The summed E-state index contributed by atoms with van der Waals surface area (Å²) in [5, 5.41) is 17.3. The summed E-state index contributed by atoms with van der Waals surface area (Å²) in [5.41, 5.74) is 1.87. The van der Waals surface area contributed by atoms with Crippen molar-refractivity contribution in [3.63, 3.8) is 0 Å². The first kappa shape index (κ1) is 36.8. The molecule has 2 N–H and O–H groups in total. The molecule has 0 saturated heterocycles. The molecule has 1 aliphatic heterocycles. The fourth-order valence-electron chi connectivity index (χ4n) is 6.86. The van der Waals surface area contributed by atoms with Crippen LogP contribution in [0, 0.1) is 25.5 Å². The number of halogens is 2. The van der Waals surface area contributed by atoms with Crippen LogP contribution in [0.5, 0.6) is 0 Å². The lowest BCUT2D eigenvalue weighted by Crippen LogP contribution is -2.62. The molecule has 2 amide bonds. The fourth-order valence-corrected chi connectivity index (χ4v) is 6.86. The van der Waals surface area contributed by atoms with E-state index < -0.39 is 34.6 Å². The van der Waals surface area contributed by atoms with Crippen LogP contribution >= 0.6 is 0 Å². The number of methoxy groups -OCH3 is 1. The highest BCUT2D eigenvalue weighted by Crippen LogP contribution is 2.45. The molecule has 268 valence electrons. The van der Waals surface area contributed by atoms with E-state index in [2.05, 4.69) is 20.2 Å². The summed E-state index contributed by atoms with van der Waals surface area (Å²) in [4.78, 5) is 40.6. The van der Waals surface area contributed by atoms with Gasteiger partial charge in [0.05, 0.1) is 35.8 Å². The Morgan fingerprint density at radius 1 is 1.06 bits per heavy atom. The summed E-state index contributed by atoms with van der Waals surface area (Å²) in [6, 6.07) is 10.2. The molecule has 0 unspecified atom stereocenters. The first-order chi connectivity index (χ1) is 23.9. The molecule has 50 heavy (non-hydrogen) atoms. The van der Waals surface area contributed by atoms with Crippen molar-refractivity contribution in [2.75, 3.05) is 64.2 Å². The third-order valence-corrected chi connectivity index (χ3v) is 9.88. The lowest BCUT2D eigenvalue weighted by atomic mass is 9.88. The van der Waals surface area contributed by atoms with Crippen LogP contribution in [0.25, 0.3) is 11.3 Å². The molecule has 1 spiro atoms. The third-order valence-electron chi connectivity index (χ3n) is 9.88. The molecule has 0 atom stereocenters. The molecular weight excluding hydrogens is 644 g/mol. The molecule has 1 saturated carbocycles. The van der Waals surface area contributed by atoms with Crippen molar-refractivity contribution in [3.05, 3.63) is 82.5 Å². The highest BCUT2D eigenvalue weighted by Gasteiger charge is 2.53. The van der Waals surface area contributed by atoms with Crippen LogP contribution in [-0.4, -0.2) is 101 Å². The zero-order valence-electron chi connectivity index (χ0n) is 29.7. The van der Waals surface area contributed by atoms with Gasteiger partial charge in [-0.1, -0.05) is 30.5 Å². The van der Waals surface area contributed by atoms with E-state index >= 15 is 8.78 Å². The first-order valence-corrected chi connectivity index (χ1v) is 17.0. The van der Waals surface area contributed by atoms with Gasteiger partial charge in [0.1, 0.15) is 17.7 Å². The SMILES string of the molecule is CCN(CCN(C)CCOC)c1ccc(CN2C(=O)C(C(=O)Nc3ccc(C)cc3-c3cc(C)ncn3)=C(O)C3(CCCC3)N2C)c(F)c1F.